The zero-order valence-electron chi connectivity index (χ0n) is 17.4. The van der Waals surface area contributed by atoms with Gasteiger partial charge in [0.25, 0.3) is 5.91 Å². The highest BCUT2D eigenvalue weighted by Gasteiger charge is 2.31. The summed E-state index contributed by atoms with van der Waals surface area (Å²) < 4.78 is 49.8. The van der Waals surface area contributed by atoms with Crippen LogP contribution in [0.1, 0.15) is 17.2 Å². The van der Waals surface area contributed by atoms with Gasteiger partial charge in [-0.05, 0) is 30.3 Å². The molecule has 33 heavy (non-hydrogen) atoms. The molecule has 0 heterocycles. The first-order chi connectivity index (χ1) is 15.7. The Labute approximate surface area is 194 Å². The molecule has 1 unspecified atom stereocenters. The second-order valence-corrected chi connectivity index (χ2v) is 7.00. The third-order valence-electron chi connectivity index (χ3n) is 4.21. The van der Waals surface area contributed by atoms with Gasteiger partial charge >= 0.3 is 12.1 Å². The van der Waals surface area contributed by atoms with Crippen LogP contribution in [0.15, 0.2) is 85.5 Å². The van der Waals surface area contributed by atoms with Crippen molar-refractivity contribution in [3.05, 3.63) is 102 Å². The molecule has 0 saturated carbocycles. The van der Waals surface area contributed by atoms with Crippen molar-refractivity contribution in [2.45, 2.75) is 12.3 Å². The molecule has 0 spiro atoms. The van der Waals surface area contributed by atoms with Crippen LogP contribution in [-0.2, 0) is 20.5 Å². The Balaban J connectivity index is 2.11. The smallest absolute Gasteiger partial charge is 0.416 e. The first-order valence-corrected chi connectivity index (χ1v) is 10.0. The van der Waals surface area contributed by atoms with Gasteiger partial charge in [0.1, 0.15) is 12.4 Å². The molecule has 1 amide bonds. The summed E-state index contributed by atoms with van der Waals surface area (Å²) in [4.78, 5) is 24.7. The van der Waals surface area contributed by atoms with E-state index < -0.39 is 29.7 Å². The highest BCUT2D eigenvalue weighted by molar-refractivity contribution is 6.30. The number of benzene rings is 2. The van der Waals surface area contributed by atoms with Crippen molar-refractivity contribution >= 4 is 23.5 Å². The maximum atomic E-state index is 13.0. The first-order valence-electron chi connectivity index (χ1n) is 9.65. The molecule has 0 aromatic heterocycles. The fraction of sp³-hybridized carbons (Fsp3) is 0.167. The van der Waals surface area contributed by atoms with E-state index in [0.717, 1.165) is 12.1 Å². The number of hydrogen-bond acceptors (Lipinski definition) is 4. The largest absolute Gasteiger partial charge is 0.474 e. The Kier molecular flexibility index (Phi) is 9.30. The fourth-order valence-electron chi connectivity index (χ4n) is 2.63. The number of carbonyl (C=O) groups excluding carboxylic acids is 2. The molecule has 2 aromatic rings. The van der Waals surface area contributed by atoms with Gasteiger partial charge in [-0.2, -0.15) is 13.2 Å². The fourth-order valence-corrected chi connectivity index (χ4v) is 2.75. The van der Waals surface area contributed by atoms with Gasteiger partial charge in [-0.15, -0.1) is 0 Å². The average Bonchev–Trinajstić information content (AvgIpc) is 2.78. The molecule has 174 valence electrons. The molecule has 0 bridgehead atoms. The zero-order valence-corrected chi connectivity index (χ0v) is 18.2. The summed E-state index contributed by atoms with van der Waals surface area (Å²) in [5.41, 5.74) is -0.312. The minimum absolute atomic E-state index is 0.0101. The molecule has 0 aliphatic carbocycles. The van der Waals surface area contributed by atoms with E-state index in [0.29, 0.717) is 10.6 Å². The van der Waals surface area contributed by atoms with E-state index in [1.165, 1.54) is 54.6 Å². The summed E-state index contributed by atoms with van der Waals surface area (Å²) in [5, 5.41) is 2.95. The van der Waals surface area contributed by atoms with E-state index in [4.69, 9.17) is 21.1 Å². The molecule has 0 saturated heterocycles. The van der Waals surface area contributed by atoms with E-state index in [9.17, 15) is 22.8 Å². The molecule has 5 nitrogen and oxygen atoms in total. The lowest BCUT2D eigenvalue weighted by molar-refractivity contribution is -0.152. The van der Waals surface area contributed by atoms with Gasteiger partial charge in [0, 0.05) is 16.2 Å². The lowest BCUT2D eigenvalue weighted by Gasteiger charge is -2.19. The predicted molar refractivity (Wildman–Crippen MR) is 119 cm³/mol. The standard InChI is InChI=1S/C24H21ClF3NO4/c1-3-6-16(4-2)22(30)29-13-14-32-23(31)21(17-9-11-19(25)12-10-17)33-20-8-5-7-18(15-20)24(26,27)28/h3-12,15,21H,1-2,13-14H2,(H,29,30)/b16-6+. The molecule has 0 aliphatic heterocycles. The van der Waals surface area contributed by atoms with E-state index in [1.54, 1.807) is 0 Å². The number of carbonyl (C=O) groups is 2. The van der Waals surface area contributed by atoms with Gasteiger partial charge in [-0.25, -0.2) is 4.79 Å². The number of amides is 1. The maximum absolute atomic E-state index is 13.0. The average molecular weight is 480 g/mol. The first kappa shape index (κ1) is 25.7. The summed E-state index contributed by atoms with van der Waals surface area (Å²) in [6.07, 6.45) is -1.68. The van der Waals surface area contributed by atoms with E-state index in [2.05, 4.69) is 18.5 Å². The number of nitrogens with one attached hydrogen (secondary N) is 1. The Morgan fingerprint density at radius 2 is 1.82 bits per heavy atom. The summed E-state index contributed by atoms with van der Waals surface area (Å²) in [7, 11) is 0. The predicted octanol–water partition coefficient (Wildman–Crippen LogP) is 5.44. The van der Waals surface area contributed by atoms with Crippen molar-refractivity contribution in [2.24, 2.45) is 0 Å². The molecular weight excluding hydrogens is 459 g/mol. The molecule has 0 aliphatic rings. The van der Waals surface area contributed by atoms with Crippen molar-refractivity contribution in [1.82, 2.24) is 5.32 Å². The Morgan fingerprint density at radius 3 is 2.42 bits per heavy atom. The van der Waals surface area contributed by atoms with Gasteiger partial charge < -0.3 is 14.8 Å². The molecular formula is C24H21ClF3NO4. The number of halogens is 4. The van der Waals surface area contributed by atoms with E-state index in [1.807, 2.05) is 0 Å². The molecule has 0 fully saturated rings. The van der Waals surface area contributed by atoms with Crippen LogP contribution < -0.4 is 10.1 Å². The maximum Gasteiger partial charge on any atom is 0.416 e. The van der Waals surface area contributed by atoms with Crippen molar-refractivity contribution < 1.29 is 32.2 Å². The number of hydrogen-bond donors (Lipinski definition) is 1. The third-order valence-corrected chi connectivity index (χ3v) is 4.47. The van der Waals surface area contributed by atoms with Gasteiger partial charge in [0.2, 0.25) is 6.10 Å². The molecule has 1 atom stereocenters. The lowest BCUT2D eigenvalue weighted by Crippen LogP contribution is -2.30. The summed E-state index contributed by atoms with van der Waals surface area (Å²) in [6, 6.07) is 10.2. The van der Waals surface area contributed by atoms with Crippen LogP contribution in [0.5, 0.6) is 5.75 Å². The minimum atomic E-state index is -4.57. The molecule has 1 N–H and O–H groups in total. The quantitative estimate of drug-likeness (QED) is 0.213. The van der Waals surface area contributed by atoms with Crippen LogP contribution in [0.4, 0.5) is 13.2 Å². The van der Waals surface area contributed by atoms with E-state index in [-0.39, 0.29) is 24.5 Å². The summed E-state index contributed by atoms with van der Waals surface area (Å²) in [5.74, 6) is -1.45. The Morgan fingerprint density at radius 1 is 1.12 bits per heavy atom. The van der Waals surface area contributed by atoms with Gasteiger partial charge in [0.15, 0.2) is 0 Å². The van der Waals surface area contributed by atoms with Crippen LogP contribution in [0.25, 0.3) is 0 Å². The second-order valence-electron chi connectivity index (χ2n) is 6.56. The van der Waals surface area contributed by atoms with Crippen molar-refractivity contribution in [3.63, 3.8) is 0 Å². The Bertz CT molecular complexity index is 1030. The molecule has 9 heteroatoms. The highest BCUT2D eigenvalue weighted by Crippen LogP contribution is 2.33. The van der Waals surface area contributed by atoms with Crippen molar-refractivity contribution in [1.29, 1.82) is 0 Å². The van der Waals surface area contributed by atoms with Crippen LogP contribution >= 0.6 is 11.6 Å². The van der Waals surface area contributed by atoms with Gasteiger partial charge in [-0.1, -0.05) is 61.2 Å². The van der Waals surface area contributed by atoms with Crippen LogP contribution in [-0.4, -0.2) is 25.0 Å². The Hall–Kier alpha value is -3.52. The van der Waals surface area contributed by atoms with Crippen molar-refractivity contribution in [2.75, 3.05) is 13.2 Å². The molecule has 0 radical (unpaired) electrons. The van der Waals surface area contributed by atoms with Gasteiger partial charge in [-0.3, -0.25) is 4.79 Å². The van der Waals surface area contributed by atoms with Crippen LogP contribution in [0, 0.1) is 0 Å². The number of esters is 1. The van der Waals surface area contributed by atoms with Crippen molar-refractivity contribution in [3.8, 4) is 5.75 Å². The topological polar surface area (TPSA) is 64.6 Å². The normalized spacial score (nSPS) is 12.4. The van der Waals surface area contributed by atoms with Crippen LogP contribution in [0.3, 0.4) is 0 Å². The monoisotopic (exact) mass is 479 g/mol. The molecule has 2 aromatic carbocycles. The zero-order chi connectivity index (χ0) is 24.4. The number of ether oxygens (including phenoxy) is 2. The lowest BCUT2D eigenvalue weighted by atomic mass is 10.1. The SMILES string of the molecule is C=C/C=C(\C=C)C(=O)NCCOC(=O)C(Oc1cccc(C(F)(F)F)c1)c1ccc(Cl)cc1. The molecule has 2 rings (SSSR count). The van der Waals surface area contributed by atoms with Gasteiger partial charge in [0.05, 0.1) is 12.1 Å². The van der Waals surface area contributed by atoms with Crippen LogP contribution in [0.2, 0.25) is 5.02 Å². The minimum Gasteiger partial charge on any atom is -0.474 e. The second kappa shape index (κ2) is 11.9. The van der Waals surface area contributed by atoms with E-state index >= 15 is 0 Å². The number of alkyl halides is 3. The summed E-state index contributed by atoms with van der Waals surface area (Å²) in [6.45, 7) is 6.82. The number of rotatable bonds is 10. The number of allylic oxidation sites excluding steroid dienone is 2. The highest BCUT2D eigenvalue weighted by atomic mass is 35.5. The summed E-state index contributed by atoms with van der Waals surface area (Å²) >= 11 is 5.88. The third kappa shape index (κ3) is 7.84.